The van der Waals surface area contributed by atoms with E-state index in [0.29, 0.717) is 18.9 Å². The lowest BCUT2D eigenvalue weighted by molar-refractivity contribution is -0.145. The van der Waals surface area contributed by atoms with Gasteiger partial charge in [0.15, 0.2) is 0 Å². The highest BCUT2D eigenvalue weighted by Crippen LogP contribution is 2.22. The van der Waals surface area contributed by atoms with E-state index in [1.54, 1.807) is 0 Å². The van der Waals surface area contributed by atoms with Gasteiger partial charge in [-0.05, 0) is 25.3 Å². The van der Waals surface area contributed by atoms with E-state index in [9.17, 15) is 4.79 Å². The van der Waals surface area contributed by atoms with Crippen LogP contribution in [0.3, 0.4) is 0 Å². The minimum Gasteiger partial charge on any atom is -0.480 e. The molecule has 2 atom stereocenters. The molecule has 0 amide bonds. The molecule has 1 aliphatic rings. The van der Waals surface area contributed by atoms with E-state index in [1.165, 1.54) is 0 Å². The third kappa shape index (κ3) is 2.74. The zero-order valence-corrected chi connectivity index (χ0v) is 8.57. The van der Waals surface area contributed by atoms with E-state index >= 15 is 0 Å². The minimum atomic E-state index is -0.714. The van der Waals surface area contributed by atoms with Gasteiger partial charge in [-0.3, -0.25) is 9.69 Å². The molecule has 0 aliphatic carbocycles. The number of carboxylic acids is 1. The van der Waals surface area contributed by atoms with Gasteiger partial charge >= 0.3 is 5.97 Å². The number of carbonyl (C=O) groups is 1. The van der Waals surface area contributed by atoms with Crippen LogP contribution in [0.15, 0.2) is 0 Å². The third-order valence-electron chi connectivity index (χ3n) is 2.80. The van der Waals surface area contributed by atoms with Crippen LogP contribution < -0.4 is 0 Å². The highest BCUT2D eigenvalue weighted by atomic mass is 16.4. The lowest BCUT2D eigenvalue weighted by atomic mass is 9.92. The zero-order valence-electron chi connectivity index (χ0n) is 8.57. The van der Waals surface area contributed by atoms with Crippen LogP contribution in [-0.2, 0) is 4.79 Å². The number of terminal acetylenes is 1. The van der Waals surface area contributed by atoms with Gasteiger partial charge < -0.3 is 5.11 Å². The first kappa shape index (κ1) is 11.1. The van der Waals surface area contributed by atoms with Crippen LogP contribution in [0.25, 0.3) is 0 Å². The fourth-order valence-electron chi connectivity index (χ4n) is 1.92. The number of hydrogen-bond donors (Lipinski definition) is 1. The largest absolute Gasteiger partial charge is 0.480 e. The Kier molecular flexibility index (Phi) is 3.97. The lowest BCUT2D eigenvalue weighted by Crippen LogP contribution is -2.47. The van der Waals surface area contributed by atoms with E-state index in [0.717, 1.165) is 19.4 Å². The fourth-order valence-corrected chi connectivity index (χ4v) is 1.92. The molecule has 14 heavy (non-hydrogen) atoms. The molecule has 1 aliphatic heterocycles. The average Bonchev–Trinajstić information content (AvgIpc) is 2.15. The van der Waals surface area contributed by atoms with Crippen LogP contribution in [0.5, 0.6) is 0 Å². The van der Waals surface area contributed by atoms with Crippen LogP contribution in [0.1, 0.15) is 26.2 Å². The monoisotopic (exact) mass is 195 g/mol. The van der Waals surface area contributed by atoms with Gasteiger partial charge in [-0.15, -0.1) is 12.3 Å². The summed E-state index contributed by atoms with van der Waals surface area (Å²) in [5.74, 6) is 2.35. The van der Waals surface area contributed by atoms with Gasteiger partial charge in [-0.25, -0.2) is 0 Å². The van der Waals surface area contributed by atoms with Crippen molar-refractivity contribution in [2.24, 2.45) is 5.92 Å². The quantitative estimate of drug-likeness (QED) is 0.688. The lowest BCUT2D eigenvalue weighted by Gasteiger charge is -2.35. The summed E-state index contributed by atoms with van der Waals surface area (Å²) in [6.07, 6.45) is 7.64. The molecule has 1 fully saturated rings. The second-order valence-corrected chi connectivity index (χ2v) is 3.97. The molecule has 3 nitrogen and oxygen atoms in total. The topological polar surface area (TPSA) is 40.5 Å². The summed E-state index contributed by atoms with van der Waals surface area (Å²) in [7, 11) is 0. The first-order valence-electron chi connectivity index (χ1n) is 5.05. The van der Waals surface area contributed by atoms with Crippen LogP contribution >= 0.6 is 0 Å². The SMILES string of the molecule is C#CCCN1CCC(C)CC1C(=O)O. The van der Waals surface area contributed by atoms with Crippen LogP contribution in [0.2, 0.25) is 0 Å². The molecule has 0 aromatic carbocycles. The summed E-state index contributed by atoms with van der Waals surface area (Å²) in [6, 6.07) is -0.327. The molecule has 0 saturated carbocycles. The fraction of sp³-hybridized carbons (Fsp3) is 0.727. The van der Waals surface area contributed by atoms with Crippen molar-refractivity contribution in [3.63, 3.8) is 0 Å². The predicted octanol–water partition coefficient (Wildman–Crippen LogP) is 1.19. The molecule has 1 N–H and O–H groups in total. The van der Waals surface area contributed by atoms with E-state index in [4.69, 9.17) is 11.5 Å². The number of piperidine rings is 1. The Balaban J connectivity index is 2.54. The summed E-state index contributed by atoms with van der Waals surface area (Å²) in [4.78, 5) is 13.0. The van der Waals surface area contributed by atoms with E-state index in [2.05, 4.69) is 12.8 Å². The molecular weight excluding hydrogens is 178 g/mol. The Hall–Kier alpha value is -1.01. The van der Waals surface area contributed by atoms with E-state index in [1.807, 2.05) is 4.90 Å². The predicted molar refractivity (Wildman–Crippen MR) is 54.8 cm³/mol. The maximum absolute atomic E-state index is 11.0. The number of hydrogen-bond acceptors (Lipinski definition) is 2. The van der Waals surface area contributed by atoms with Gasteiger partial charge in [0, 0.05) is 13.0 Å². The van der Waals surface area contributed by atoms with E-state index in [-0.39, 0.29) is 6.04 Å². The Morgan fingerprint density at radius 2 is 2.43 bits per heavy atom. The molecule has 0 aromatic heterocycles. The summed E-state index contributed by atoms with van der Waals surface area (Å²) < 4.78 is 0. The van der Waals surface area contributed by atoms with Crippen molar-refractivity contribution in [2.75, 3.05) is 13.1 Å². The molecule has 1 saturated heterocycles. The standard InChI is InChI=1S/C11H17NO2/c1-3-4-6-12-7-5-9(2)8-10(12)11(13)14/h1,9-10H,4-8H2,2H3,(H,13,14). The van der Waals surface area contributed by atoms with Crippen LogP contribution in [0.4, 0.5) is 0 Å². The summed E-state index contributed by atoms with van der Waals surface area (Å²) in [5.41, 5.74) is 0. The van der Waals surface area contributed by atoms with Gasteiger partial charge in [0.2, 0.25) is 0 Å². The average molecular weight is 195 g/mol. The number of nitrogens with zero attached hydrogens (tertiary/aromatic N) is 1. The van der Waals surface area contributed by atoms with Gasteiger partial charge in [0.05, 0.1) is 0 Å². The number of rotatable bonds is 3. The van der Waals surface area contributed by atoms with Crippen molar-refractivity contribution in [1.82, 2.24) is 4.90 Å². The second kappa shape index (κ2) is 5.02. The van der Waals surface area contributed by atoms with Gasteiger partial charge in [-0.2, -0.15) is 0 Å². The van der Waals surface area contributed by atoms with Crippen LogP contribution in [-0.4, -0.2) is 35.1 Å². The molecule has 0 spiro atoms. The second-order valence-electron chi connectivity index (χ2n) is 3.97. The van der Waals surface area contributed by atoms with Crippen LogP contribution in [0, 0.1) is 18.3 Å². The van der Waals surface area contributed by atoms with Crippen molar-refractivity contribution in [3.05, 3.63) is 0 Å². The van der Waals surface area contributed by atoms with E-state index < -0.39 is 5.97 Å². The van der Waals surface area contributed by atoms with Crippen molar-refractivity contribution in [2.45, 2.75) is 32.2 Å². The molecule has 2 unspecified atom stereocenters. The Morgan fingerprint density at radius 3 is 3.00 bits per heavy atom. The van der Waals surface area contributed by atoms with Gasteiger partial charge in [0.1, 0.15) is 6.04 Å². The highest BCUT2D eigenvalue weighted by Gasteiger charge is 2.30. The summed E-state index contributed by atoms with van der Waals surface area (Å²) >= 11 is 0. The highest BCUT2D eigenvalue weighted by molar-refractivity contribution is 5.73. The molecule has 78 valence electrons. The summed E-state index contributed by atoms with van der Waals surface area (Å²) in [6.45, 7) is 3.68. The van der Waals surface area contributed by atoms with Crippen molar-refractivity contribution in [1.29, 1.82) is 0 Å². The molecule has 0 aromatic rings. The summed E-state index contributed by atoms with van der Waals surface area (Å²) in [5, 5.41) is 9.03. The van der Waals surface area contributed by atoms with Crippen molar-refractivity contribution >= 4 is 5.97 Å². The molecule has 0 radical (unpaired) electrons. The zero-order chi connectivity index (χ0) is 10.6. The van der Waals surface area contributed by atoms with Gasteiger partial charge in [0.25, 0.3) is 0 Å². The number of aliphatic carboxylic acids is 1. The normalized spacial score (nSPS) is 28.3. The third-order valence-corrected chi connectivity index (χ3v) is 2.80. The smallest absolute Gasteiger partial charge is 0.320 e. The minimum absolute atomic E-state index is 0.327. The molecule has 1 rings (SSSR count). The molecule has 0 bridgehead atoms. The maximum Gasteiger partial charge on any atom is 0.320 e. The maximum atomic E-state index is 11.0. The first-order valence-corrected chi connectivity index (χ1v) is 5.05. The first-order chi connectivity index (χ1) is 6.65. The Morgan fingerprint density at radius 1 is 1.71 bits per heavy atom. The van der Waals surface area contributed by atoms with Gasteiger partial charge in [-0.1, -0.05) is 6.92 Å². The Bertz CT molecular complexity index is 244. The van der Waals surface area contributed by atoms with Crippen molar-refractivity contribution < 1.29 is 9.90 Å². The number of likely N-dealkylation sites (tertiary alicyclic amines) is 1. The van der Waals surface area contributed by atoms with Crippen molar-refractivity contribution in [3.8, 4) is 12.3 Å². The molecule has 3 heteroatoms. The molecule has 1 heterocycles. The number of carboxylic acid groups (broad SMARTS) is 1. The Labute approximate surface area is 85.1 Å². The molecular formula is C11H17NO2.